The first-order valence-electron chi connectivity index (χ1n) is 8.03. The van der Waals surface area contributed by atoms with E-state index in [1.54, 1.807) is 24.3 Å². The van der Waals surface area contributed by atoms with Crippen molar-refractivity contribution in [2.45, 2.75) is 51.2 Å². The Bertz CT molecular complexity index is 597. The summed E-state index contributed by atoms with van der Waals surface area (Å²) in [6.07, 6.45) is 4.14. The molecule has 0 saturated heterocycles. The number of benzene rings is 1. The van der Waals surface area contributed by atoms with Gasteiger partial charge >= 0.3 is 12.0 Å². The molecule has 0 bridgehead atoms. The second kappa shape index (κ2) is 8.82. The van der Waals surface area contributed by atoms with Gasteiger partial charge < -0.3 is 10.1 Å². The van der Waals surface area contributed by atoms with Crippen molar-refractivity contribution >= 4 is 33.8 Å². The molecular weight excluding hydrogens is 376 g/mol. The molecule has 1 saturated carbocycles. The Hall–Kier alpha value is -1.89. The molecule has 1 aromatic rings. The van der Waals surface area contributed by atoms with Gasteiger partial charge in [-0.25, -0.2) is 9.59 Å². The zero-order valence-corrected chi connectivity index (χ0v) is 15.1. The van der Waals surface area contributed by atoms with E-state index in [4.69, 9.17) is 4.74 Å². The number of carbonyl (C=O) groups is 3. The highest BCUT2D eigenvalue weighted by atomic mass is 79.9. The van der Waals surface area contributed by atoms with Crippen molar-refractivity contribution in [3.8, 4) is 0 Å². The first-order chi connectivity index (χ1) is 11.5. The van der Waals surface area contributed by atoms with Gasteiger partial charge in [0.25, 0.3) is 5.91 Å². The van der Waals surface area contributed by atoms with Gasteiger partial charge in [-0.3, -0.25) is 10.1 Å². The van der Waals surface area contributed by atoms with E-state index in [1.165, 1.54) is 13.3 Å². The van der Waals surface area contributed by atoms with Crippen LogP contribution in [0.4, 0.5) is 4.79 Å². The Morgan fingerprint density at radius 3 is 2.38 bits per heavy atom. The highest BCUT2D eigenvalue weighted by molar-refractivity contribution is 9.10. The van der Waals surface area contributed by atoms with Crippen LogP contribution in [-0.2, 0) is 9.53 Å². The smallest absolute Gasteiger partial charge is 0.338 e. The average Bonchev–Trinajstić information content (AvgIpc) is 2.56. The van der Waals surface area contributed by atoms with Gasteiger partial charge in [-0.2, -0.15) is 0 Å². The summed E-state index contributed by atoms with van der Waals surface area (Å²) in [4.78, 5) is 35.7. The van der Waals surface area contributed by atoms with Crippen molar-refractivity contribution in [1.82, 2.24) is 10.6 Å². The number of rotatable bonds is 4. The fraction of sp³-hybridized carbons (Fsp3) is 0.471. The molecule has 24 heavy (non-hydrogen) atoms. The summed E-state index contributed by atoms with van der Waals surface area (Å²) in [5.74, 6) is -1.26. The molecule has 0 unspecified atom stereocenters. The predicted octanol–water partition coefficient (Wildman–Crippen LogP) is 3.15. The minimum Gasteiger partial charge on any atom is -0.449 e. The number of carbonyl (C=O) groups excluding carboxylic acids is 3. The van der Waals surface area contributed by atoms with Crippen LogP contribution in [0.15, 0.2) is 28.7 Å². The van der Waals surface area contributed by atoms with E-state index in [0.717, 1.165) is 30.2 Å². The fourth-order valence-corrected chi connectivity index (χ4v) is 2.81. The number of hydrogen-bond donors (Lipinski definition) is 2. The lowest BCUT2D eigenvalue weighted by molar-refractivity contribution is -0.127. The predicted molar refractivity (Wildman–Crippen MR) is 92.6 cm³/mol. The van der Waals surface area contributed by atoms with Gasteiger partial charge in [0, 0.05) is 10.5 Å². The summed E-state index contributed by atoms with van der Waals surface area (Å²) in [5, 5.41) is 5.00. The van der Waals surface area contributed by atoms with Crippen LogP contribution in [0.2, 0.25) is 0 Å². The summed E-state index contributed by atoms with van der Waals surface area (Å²) in [7, 11) is 0. The Kier molecular flexibility index (Phi) is 6.78. The van der Waals surface area contributed by atoms with Crippen molar-refractivity contribution in [3.05, 3.63) is 34.3 Å². The standard InChI is InChI=1S/C17H21BrN2O4/c1-11(24-16(22)12-7-9-13(18)10-8-12)15(21)20-17(23)19-14-5-3-2-4-6-14/h7-11,14H,2-6H2,1H3,(H2,19,20,21,23)/t11-/m0/s1. The van der Waals surface area contributed by atoms with E-state index in [-0.39, 0.29) is 6.04 Å². The van der Waals surface area contributed by atoms with Crippen LogP contribution in [0.1, 0.15) is 49.4 Å². The number of hydrogen-bond acceptors (Lipinski definition) is 4. The molecule has 2 N–H and O–H groups in total. The molecule has 2 rings (SSSR count). The van der Waals surface area contributed by atoms with Crippen molar-refractivity contribution < 1.29 is 19.1 Å². The van der Waals surface area contributed by atoms with Gasteiger partial charge in [0.15, 0.2) is 6.10 Å². The van der Waals surface area contributed by atoms with Crippen molar-refractivity contribution in [2.75, 3.05) is 0 Å². The molecule has 0 aromatic heterocycles. The van der Waals surface area contributed by atoms with Crippen LogP contribution >= 0.6 is 15.9 Å². The maximum absolute atomic E-state index is 12.0. The lowest BCUT2D eigenvalue weighted by Gasteiger charge is -2.23. The molecule has 1 aliphatic carbocycles. The number of esters is 1. The van der Waals surface area contributed by atoms with Crippen molar-refractivity contribution in [1.29, 1.82) is 0 Å². The topological polar surface area (TPSA) is 84.5 Å². The Morgan fingerprint density at radius 2 is 1.75 bits per heavy atom. The van der Waals surface area contributed by atoms with Crippen LogP contribution in [0.5, 0.6) is 0 Å². The monoisotopic (exact) mass is 396 g/mol. The highest BCUT2D eigenvalue weighted by Gasteiger charge is 2.22. The van der Waals surface area contributed by atoms with Crippen molar-refractivity contribution in [3.63, 3.8) is 0 Å². The second-order valence-corrected chi connectivity index (χ2v) is 6.77. The van der Waals surface area contributed by atoms with Crippen molar-refractivity contribution in [2.24, 2.45) is 0 Å². The number of urea groups is 1. The van der Waals surface area contributed by atoms with Gasteiger partial charge in [-0.05, 0) is 44.0 Å². The molecule has 7 heteroatoms. The maximum atomic E-state index is 12.0. The zero-order chi connectivity index (χ0) is 17.5. The number of nitrogens with one attached hydrogen (secondary N) is 2. The molecule has 1 aromatic carbocycles. The second-order valence-electron chi connectivity index (χ2n) is 5.85. The maximum Gasteiger partial charge on any atom is 0.338 e. The van der Waals surface area contributed by atoms with Crippen LogP contribution < -0.4 is 10.6 Å². The molecular formula is C17H21BrN2O4. The molecule has 0 aliphatic heterocycles. The SMILES string of the molecule is C[C@H](OC(=O)c1ccc(Br)cc1)C(=O)NC(=O)NC1CCCCC1. The molecule has 1 fully saturated rings. The van der Waals surface area contributed by atoms with Crippen LogP contribution in [0, 0.1) is 0 Å². The summed E-state index contributed by atoms with van der Waals surface area (Å²) in [5.41, 5.74) is 0.338. The van der Waals surface area contributed by atoms with E-state index in [1.807, 2.05) is 0 Å². The number of amides is 3. The zero-order valence-electron chi connectivity index (χ0n) is 13.5. The molecule has 130 valence electrons. The van der Waals surface area contributed by atoms with Crippen LogP contribution in [-0.4, -0.2) is 30.1 Å². The number of halogens is 1. The highest BCUT2D eigenvalue weighted by Crippen LogP contribution is 2.17. The third kappa shape index (κ3) is 5.63. The third-order valence-corrected chi connectivity index (χ3v) is 4.44. The van der Waals surface area contributed by atoms with Gasteiger partial charge in [0.05, 0.1) is 5.56 Å². The Morgan fingerprint density at radius 1 is 1.12 bits per heavy atom. The first kappa shape index (κ1) is 18.4. The molecule has 0 heterocycles. The average molecular weight is 397 g/mol. The van der Waals surface area contributed by atoms with Gasteiger partial charge in [-0.1, -0.05) is 35.2 Å². The minimum absolute atomic E-state index is 0.104. The van der Waals surface area contributed by atoms with Crippen LogP contribution in [0.3, 0.4) is 0 Å². The van der Waals surface area contributed by atoms with Gasteiger partial charge in [0.2, 0.25) is 0 Å². The summed E-state index contributed by atoms with van der Waals surface area (Å²) < 4.78 is 5.92. The lowest BCUT2D eigenvalue weighted by Crippen LogP contribution is -2.48. The molecule has 3 amide bonds. The Balaban J connectivity index is 1.79. The summed E-state index contributed by atoms with van der Waals surface area (Å²) in [6, 6.07) is 6.16. The molecule has 1 atom stereocenters. The lowest BCUT2D eigenvalue weighted by atomic mass is 9.96. The number of ether oxygens (including phenoxy) is 1. The van der Waals surface area contributed by atoms with Gasteiger partial charge in [0.1, 0.15) is 0 Å². The van der Waals surface area contributed by atoms with E-state index in [2.05, 4.69) is 26.6 Å². The molecule has 6 nitrogen and oxygen atoms in total. The minimum atomic E-state index is -1.06. The first-order valence-corrected chi connectivity index (χ1v) is 8.83. The van der Waals surface area contributed by atoms with Gasteiger partial charge in [-0.15, -0.1) is 0 Å². The van der Waals surface area contributed by atoms with Crippen LogP contribution in [0.25, 0.3) is 0 Å². The Labute approximate surface area is 149 Å². The molecule has 0 radical (unpaired) electrons. The third-order valence-electron chi connectivity index (χ3n) is 3.91. The summed E-state index contributed by atoms with van der Waals surface area (Å²) in [6.45, 7) is 1.43. The van der Waals surface area contributed by atoms with E-state index in [9.17, 15) is 14.4 Å². The normalized spacial score (nSPS) is 16.1. The largest absolute Gasteiger partial charge is 0.449 e. The van der Waals surface area contributed by atoms with E-state index < -0.39 is 24.0 Å². The van der Waals surface area contributed by atoms with E-state index >= 15 is 0 Å². The quantitative estimate of drug-likeness (QED) is 0.765. The number of imide groups is 1. The summed E-state index contributed by atoms with van der Waals surface area (Å²) >= 11 is 3.28. The molecule has 0 spiro atoms. The fourth-order valence-electron chi connectivity index (χ4n) is 2.55. The van der Waals surface area contributed by atoms with E-state index in [0.29, 0.717) is 5.56 Å². The molecule has 1 aliphatic rings.